The highest BCUT2D eigenvalue weighted by atomic mass is 31.2. The Hall–Kier alpha value is -3.78. The van der Waals surface area contributed by atoms with E-state index in [0.29, 0.717) is 12.1 Å². The van der Waals surface area contributed by atoms with Crippen LogP contribution in [0, 0.1) is 11.8 Å². The van der Waals surface area contributed by atoms with E-state index in [4.69, 9.17) is 19.7 Å². The Morgan fingerprint density at radius 3 is 1.91 bits per heavy atom. The Bertz CT molecular complexity index is 1400. The predicted octanol–water partition coefficient (Wildman–Crippen LogP) is 5.86. The lowest BCUT2D eigenvalue weighted by atomic mass is 9.96. The molecule has 0 saturated carbocycles. The molecule has 0 bridgehead atoms. The first-order valence-corrected chi connectivity index (χ1v) is 16.1. The molecular weight excluding hydrogens is 567 g/mol. The van der Waals surface area contributed by atoms with Gasteiger partial charge in [-0.2, -0.15) is 0 Å². The quantitative estimate of drug-likeness (QED) is 0.178. The molecule has 0 aliphatic heterocycles. The molecule has 0 aliphatic rings. The van der Waals surface area contributed by atoms with E-state index in [2.05, 4.69) is 0 Å². The Morgan fingerprint density at radius 2 is 1.37 bits per heavy atom. The maximum absolute atomic E-state index is 14.3. The molecule has 0 saturated heterocycles. The third-order valence-corrected chi connectivity index (χ3v) is 9.82. The molecule has 10 heteroatoms. The summed E-state index contributed by atoms with van der Waals surface area (Å²) in [5, 5.41) is 0. The number of esters is 2. The van der Waals surface area contributed by atoms with Gasteiger partial charge < -0.3 is 19.7 Å². The number of carbonyl (C=O) groups is 3. The number of methoxy groups -OCH3 is 1. The lowest BCUT2D eigenvalue weighted by Crippen LogP contribution is -2.48. The van der Waals surface area contributed by atoms with Gasteiger partial charge in [0.25, 0.3) is 0 Å². The van der Waals surface area contributed by atoms with Crippen LogP contribution in [0.3, 0.4) is 0 Å². The lowest BCUT2D eigenvalue weighted by Gasteiger charge is -2.33. The molecule has 9 nitrogen and oxygen atoms in total. The monoisotopic (exact) mass is 608 g/mol. The molecule has 3 aromatic rings. The van der Waals surface area contributed by atoms with E-state index in [1.165, 1.54) is 19.1 Å². The summed E-state index contributed by atoms with van der Waals surface area (Å²) in [4.78, 5) is 41.2. The molecule has 0 aromatic heterocycles. The van der Waals surface area contributed by atoms with Gasteiger partial charge in [-0.3, -0.25) is 14.3 Å². The Kier molecular flexibility index (Phi) is 12.2. The van der Waals surface area contributed by atoms with Gasteiger partial charge in [0.05, 0.1) is 7.11 Å². The number of anilines is 1. The maximum Gasteiger partial charge on any atom is 0.333 e. The first kappa shape index (κ1) is 33.7. The van der Waals surface area contributed by atoms with Crippen molar-refractivity contribution in [2.24, 2.45) is 17.6 Å². The van der Waals surface area contributed by atoms with E-state index in [-0.39, 0.29) is 18.7 Å². The molecule has 0 heterocycles. The van der Waals surface area contributed by atoms with Gasteiger partial charge in [0, 0.05) is 24.9 Å². The number of nitrogens with zero attached hydrogens (tertiary/aromatic N) is 1. The number of nitrogens with two attached hydrogens (primary N) is 1. The van der Waals surface area contributed by atoms with Crippen molar-refractivity contribution in [3.05, 3.63) is 90.5 Å². The summed E-state index contributed by atoms with van der Waals surface area (Å²) in [5.74, 6) is -4.43. The highest BCUT2D eigenvalue weighted by molar-refractivity contribution is 7.60. The normalized spacial score (nSPS) is 14.7. The van der Waals surface area contributed by atoms with Crippen molar-refractivity contribution in [3.63, 3.8) is 0 Å². The zero-order chi connectivity index (χ0) is 31.6. The Labute approximate surface area is 253 Å². The molecule has 4 atom stereocenters. The molecule has 3 rings (SSSR count). The highest BCUT2D eigenvalue weighted by Gasteiger charge is 2.43. The van der Waals surface area contributed by atoms with E-state index >= 15 is 0 Å². The zero-order valence-corrected chi connectivity index (χ0v) is 26.2. The second-order valence-electron chi connectivity index (χ2n) is 10.8. The van der Waals surface area contributed by atoms with Crippen LogP contribution in [0.25, 0.3) is 11.1 Å². The minimum absolute atomic E-state index is 0.0104. The second kappa shape index (κ2) is 15.6. The van der Waals surface area contributed by atoms with E-state index in [1.807, 2.05) is 74.5 Å². The van der Waals surface area contributed by atoms with Gasteiger partial charge in [-0.25, -0.2) is 9.59 Å². The minimum Gasteiger partial charge on any atom is -0.467 e. The van der Waals surface area contributed by atoms with Gasteiger partial charge >= 0.3 is 11.9 Å². The summed E-state index contributed by atoms with van der Waals surface area (Å²) in [6, 6.07) is 25.0. The van der Waals surface area contributed by atoms with Crippen LogP contribution in [0.15, 0.2) is 84.9 Å². The van der Waals surface area contributed by atoms with Crippen molar-refractivity contribution in [3.8, 4) is 11.1 Å². The topological polar surface area (TPSA) is 125 Å². The van der Waals surface area contributed by atoms with Crippen LogP contribution in [0.2, 0.25) is 0 Å². The largest absolute Gasteiger partial charge is 0.467 e. The predicted molar refractivity (Wildman–Crippen MR) is 167 cm³/mol. The van der Waals surface area contributed by atoms with E-state index in [9.17, 15) is 18.9 Å². The number of benzene rings is 3. The number of ether oxygens (including phenoxy) is 2. The maximum atomic E-state index is 14.3. The molecule has 3 unspecified atom stereocenters. The molecule has 3 aromatic carbocycles. The minimum atomic E-state index is -3.94. The third kappa shape index (κ3) is 8.86. The van der Waals surface area contributed by atoms with Gasteiger partial charge in [0.1, 0.15) is 12.6 Å². The van der Waals surface area contributed by atoms with Crippen molar-refractivity contribution in [1.82, 2.24) is 0 Å². The van der Waals surface area contributed by atoms with Crippen LogP contribution in [0.1, 0.15) is 32.8 Å². The molecular formula is C33H41N2O7P. The molecule has 0 aliphatic carbocycles. The number of carbonyl (C=O) groups excluding carboxylic acids is 3. The van der Waals surface area contributed by atoms with Gasteiger partial charge in [0.15, 0.2) is 5.78 Å². The first-order valence-electron chi connectivity index (χ1n) is 14.2. The third-order valence-electron chi connectivity index (χ3n) is 7.20. The van der Waals surface area contributed by atoms with Crippen LogP contribution in [0.5, 0.6) is 0 Å². The average Bonchev–Trinajstić information content (AvgIpc) is 3.03. The number of amides is 1. The number of hydrogen-bond acceptors (Lipinski definition) is 8. The molecule has 2 N–H and O–H groups in total. The fourth-order valence-electron chi connectivity index (χ4n) is 4.87. The zero-order valence-electron chi connectivity index (χ0n) is 25.3. The summed E-state index contributed by atoms with van der Waals surface area (Å²) < 4.78 is 29.7. The Balaban J connectivity index is 1.91. The van der Waals surface area contributed by atoms with Crippen molar-refractivity contribution < 1.29 is 32.9 Å². The SMILES string of the molecule is COC(=O)[C@H](C)N(C(=O)C(CC(C)C)CP(=O)(OC)C(N)C(=O)OCc1ccccc1)c1ccc(-c2ccccc2)cc1. The fourth-order valence-corrected chi connectivity index (χ4v) is 6.78. The van der Waals surface area contributed by atoms with Crippen molar-refractivity contribution in [2.75, 3.05) is 25.3 Å². The Morgan fingerprint density at radius 1 is 0.814 bits per heavy atom. The van der Waals surface area contributed by atoms with Crippen molar-refractivity contribution in [1.29, 1.82) is 0 Å². The van der Waals surface area contributed by atoms with Crippen LogP contribution in [0.4, 0.5) is 5.69 Å². The summed E-state index contributed by atoms with van der Waals surface area (Å²) in [7, 11) is -1.47. The van der Waals surface area contributed by atoms with Crippen molar-refractivity contribution in [2.45, 2.75) is 45.6 Å². The van der Waals surface area contributed by atoms with Gasteiger partial charge in [0.2, 0.25) is 13.3 Å². The van der Waals surface area contributed by atoms with Gasteiger partial charge in [-0.15, -0.1) is 0 Å². The number of rotatable bonds is 14. The van der Waals surface area contributed by atoms with Crippen LogP contribution in [-0.4, -0.2) is 50.1 Å². The van der Waals surface area contributed by atoms with E-state index < -0.39 is 43.0 Å². The van der Waals surface area contributed by atoms with E-state index in [1.54, 1.807) is 31.2 Å². The van der Waals surface area contributed by atoms with Crippen LogP contribution >= 0.6 is 7.37 Å². The summed E-state index contributed by atoms with van der Waals surface area (Å²) >= 11 is 0. The number of hydrogen-bond donors (Lipinski definition) is 1. The van der Waals surface area contributed by atoms with Crippen molar-refractivity contribution >= 4 is 30.9 Å². The molecule has 0 fully saturated rings. The smallest absolute Gasteiger partial charge is 0.333 e. The molecule has 0 radical (unpaired) electrons. The van der Waals surface area contributed by atoms with E-state index in [0.717, 1.165) is 16.7 Å². The van der Waals surface area contributed by atoms with Crippen LogP contribution < -0.4 is 10.6 Å². The summed E-state index contributed by atoms with van der Waals surface area (Å²) in [6.45, 7) is 5.38. The molecule has 230 valence electrons. The van der Waals surface area contributed by atoms with Crippen LogP contribution in [-0.2, 0) is 39.6 Å². The summed E-state index contributed by atoms with van der Waals surface area (Å²) in [6.07, 6.45) is -0.000926. The standard InChI is InChI=1S/C33H41N2O7P/c1-23(2)20-28(22-43(39,41-5)30(34)33(38)42-21-25-12-8-6-9-13-25)31(36)35(24(3)32(37)40-4)29-18-16-27(17-19-29)26-14-10-7-11-15-26/h6-19,23-24,28,30H,20-22,34H2,1-5H3/t24-,28?,30?,43?/m0/s1. The fraction of sp³-hybridized carbons (Fsp3) is 0.364. The average molecular weight is 609 g/mol. The van der Waals surface area contributed by atoms with Gasteiger partial charge in [-0.05, 0) is 48.1 Å². The second-order valence-corrected chi connectivity index (χ2v) is 13.5. The summed E-state index contributed by atoms with van der Waals surface area (Å²) in [5.41, 5.74) is 9.32. The first-order chi connectivity index (χ1) is 20.5. The lowest BCUT2D eigenvalue weighted by molar-refractivity contribution is -0.144. The highest BCUT2D eigenvalue weighted by Crippen LogP contribution is 2.52. The molecule has 1 amide bonds. The molecule has 43 heavy (non-hydrogen) atoms. The van der Waals surface area contributed by atoms with Gasteiger partial charge in [-0.1, -0.05) is 86.6 Å². The molecule has 0 spiro atoms.